The number of halogens is 6. The fourth-order valence-corrected chi connectivity index (χ4v) is 5.07. The normalized spacial score (nSPS) is 19.4. The molecule has 0 aromatic heterocycles. The molecule has 2 atom stereocenters. The summed E-state index contributed by atoms with van der Waals surface area (Å²) in [6.45, 7) is 1.85. The van der Waals surface area contributed by atoms with Crippen molar-refractivity contribution in [3.05, 3.63) is 88.5 Å². The van der Waals surface area contributed by atoms with Gasteiger partial charge in [-0.25, -0.2) is 26.3 Å². The van der Waals surface area contributed by atoms with Crippen LogP contribution in [0.4, 0.5) is 26.3 Å². The number of rotatable bonds is 7. The summed E-state index contributed by atoms with van der Waals surface area (Å²) in [6.07, 6.45) is 3.43. The van der Waals surface area contributed by atoms with Gasteiger partial charge in [0.05, 0.1) is 7.11 Å². The first-order chi connectivity index (χ1) is 17.7. The van der Waals surface area contributed by atoms with Gasteiger partial charge in [-0.1, -0.05) is 61.9 Å². The van der Waals surface area contributed by atoms with Crippen LogP contribution in [0.3, 0.4) is 0 Å². The van der Waals surface area contributed by atoms with Crippen molar-refractivity contribution in [2.45, 2.75) is 50.9 Å². The number of hydrogen-bond acceptors (Lipinski definition) is 1. The van der Waals surface area contributed by atoms with Gasteiger partial charge in [-0.15, -0.1) is 0 Å². The molecule has 196 valence electrons. The van der Waals surface area contributed by atoms with E-state index in [9.17, 15) is 26.3 Å². The Hall–Kier alpha value is -3.22. The summed E-state index contributed by atoms with van der Waals surface area (Å²) in [5.74, 6) is -8.48. The third-order valence-electron chi connectivity index (χ3n) is 7.15. The first kappa shape index (κ1) is 26.8. The molecule has 0 saturated heterocycles. The molecular weight excluding hydrogens is 490 g/mol. The summed E-state index contributed by atoms with van der Waals surface area (Å²) < 4.78 is 93.4. The number of methoxy groups -OCH3 is 1. The van der Waals surface area contributed by atoms with Gasteiger partial charge in [0.1, 0.15) is 5.75 Å². The smallest absolute Gasteiger partial charge is 0.251 e. The van der Waals surface area contributed by atoms with Crippen LogP contribution in [-0.2, 0) is 0 Å². The van der Waals surface area contributed by atoms with Gasteiger partial charge in [0.25, 0.3) is 5.92 Å². The molecule has 0 amide bonds. The molecular formula is C30H28F6O. The van der Waals surface area contributed by atoms with E-state index in [2.05, 4.69) is 0 Å². The highest BCUT2D eigenvalue weighted by atomic mass is 19.3. The molecule has 1 saturated carbocycles. The van der Waals surface area contributed by atoms with Crippen LogP contribution in [-0.4, -0.2) is 13.0 Å². The van der Waals surface area contributed by atoms with E-state index in [0.717, 1.165) is 12.2 Å². The topological polar surface area (TPSA) is 9.23 Å². The van der Waals surface area contributed by atoms with Gasteiger partial charge in [-0.3, -0.25) is 0 Å². The number of alkyl halides is 2. The van der Waals surface area contributed by atoms with E-state index in [0.29, 0.717) is 30.6 Å². The summed E-state index contributed by atoms with van der Waals surface area (Å²) in [4.78, 5) is 0. The molecule has 0 N–H and O–H groups in total. The molecule has 1 aliphatic carbocycles. The molecule has 7 heteroatoms. The third kappa shape index (κ3) is 5.55. The van der Waals surface area contributed by atoms with Gasteiger partial charge >= 0.3 is 0 Å². The molecule has 0 bridgehead atoms. The van der Waals surface area contributed by atoms with Crippen LogP contribution in [0.1, 0.15) is 61.6 Å². The maximum Gasteiger partial charge on any atom is 0.251 e. The second-order valence-corrected chi connectivity index (χ2v) is 9.49. The van der Waals surface area contributed by atoms with E-state index >= 15 is 0 Å². The van der Waals surface area contributed by atoms with Gasteiger partial charge in [-0.05, 0) is 48.4 Å². The van der Waals surface area contributed by atoms with Gasteiger partial charge in [0.2, 0.25) is 0 Å². The zero-order chi connectivity index (χ0) is 26.7. The minimum atomic E-state index is -2.93. The molecule has 37 heavy (non-hydrogen) atoms. The van der Waals surface area contributed by atoms with Crippen molar-refractivity contribution in [2.24, 2.45) is 5.92 Å². The van der Waals surface area contributed by atoms with Crippen molar-refractivity contribution < 1.29 is 31.1 Å². The Bertz CT molecular complexity index is 1280. The highest BCUT2D eigenvalue weighted by Crippen LogP contribution is 2.47. The Morgan fingerprint density at radius 1 is 0.811 bits per heavy atom. The molecule has 4 rings (SSSR count). The van der Waals surface area contributed by atoms with Crippen LogP contribution in [0.25, 0.3) is 23.3 Å². The summed E-state index contributed by atoms with van der Waals surface area (Å²) in [5.41, 5.74) is 0.0830. The Balaban J connectivity index is 1.55. The second kappa shape index (κ2) is 11.0. The van der Waals surface area contributed by atoms with Gasteiger partial charge in [0, 0.05) is 29.0 Å². The Morgan fingerprint density at radius 2 is 1.43 bits per heavy atom. The Labute approximate surface area is 212 Å². The predicted octanol–water partition coefficient (Wildman–Crippen LogP) is 9.41. The van der Waals surface area contributed by atoms with Crippen LogP contribution in [0, 0.1) is 29.2 Å². The van der Waals surface area contributed by atoms with Crippen LogP contribution in [0.15, 0.2) is 48.5 Å². The van der Waals surface area contributed by atoms with Gasteiger partial charge in [0.15, 0.2) is 23.3 Å². The summed E-state index contributed by atoms with van der Waals surface area (Å²) in [5, 5.41) is 0. The van der Waals surface area contributed by atoms with E-state index in [1.54, 1.807) is 24.3 Å². The monoisotopic (exact) mass is 518 g/mol. The second-order valence-electron chi connectivity index (χ2n) is 9.49. The lowest BCUT2D eigenvalue weighted by atomic mass is 9.74. The lowest BCUT2D eigenvalue weighted by molar-refractivity contribution is -0.0948. The van der Waals surface area contributed by atoms with Crippen molar-refractivity contribution >= 4 is 12.2 Å². The highest BCUT2D eigenvalue weighted by Gasteiger charge is 2.45. The first-order valence-electron chi connectivity index (χ1n) is 12.3. The molecule has 0 heterocycles. The van der Waals surface area contributed by atoms with E-state index < -0.39 is 47.4 Å². The Morgan fingerprint density at radius 3 is 2.03 bits per heavy atom. The van der Waals surface area contributed by atoms with Crippen LogP contribution in [0.5, 0.6) is 5.75 Å². The highest BCUT2D eigenvalue weighted by molar-refractivity contribution is 5.73. The zero-order valence-corrected chi connectivity index (χ0v) is 20.6. The zero-order valence-electron chi connectivity index (χ0n) is 20.6. The fraction of sp³-hybridized carbons (Fsp3) is 0.333. The van der Waals surface area contributed by atoms with Crippen molar-refractivity contribution in [3.8, 4) is 16.9 Å². The molecule has 3 aromatic rings. The van der Waals surface area contributed by atoms with Gasteiger partial charge in [-0.2, -0.15) is 0 Å². The molecule has 0 spiro atoms. The van der Waals surface area contributed by atoms with Crippen molar-refractivity contribution in [1.29, 1.82) is 0 Å². The van der Waals surface area contributed by atoms with Crippen LogP contribution in [0.2, 0.25) is 0 Å². The summed E-state index contributed by atoms with van der Waals surface area (Å²) in [6, 6.07) is 11.8. The number of hydrogen-bond donors (Lipinski definition) is 0. The standard InChI is InChI=1S/C30H28F6O/c1-3-4-22-12-7-21(17-30(22,35)36)25-16-11-20(27(32)29(25)34)6-5-19-10-15-24(28(33)26(19)31)18-8-13-23(37-2)14-9-18/h5-6,8-11,13-16,21-22H,3-4,7,12,17H2,1-2H3/b6-5+. The quantitative estimate of drug-likeness (QED) is 0.224. The summed E-state index contributed by atoms with van der Waals surface area (Å²) >= 11 is 0. The van der Waals surface area contributed by atoms with Crippen molar-refractivity contribution in [2.75, 3.05) is 7.11 Å². The predicted molar refractivity (Wildman–Crippen MR) is 134 cm³/mol. The first-order valence-corrected chi connectivity index (χ1v) is 12.3. The van der Waals surface area contributed by atoms with Gasteiger partial charge < -0.3 is 4.74 Å². The Kier molecular flexibility index (Phi) is 8.00. The number of ether oxygens (including phenoxy) is 1. The average molecular weight is 519 g/mol. The molecule has 0 radical (unpaired) electrons. The molecule has 1 fully saturated rings. The molecule has 3 aromatic carbocycles. The van der Waals surface area contributed by atoms with Crippen molar-refractivity contribution in [3.63, 3.8) is 0 Å². The van der Waals surface area contributed by atoms with Crippen LogP contribution < -0.4 is 4.74 Å². The largest absolute Gasteiger partial charge is 0.497 e. The maximum atomic E-state index is 14.9. The molecule has 2 unspecified atom stereocenters. The van der Waals surface area contributed by atoms with E-state index in [4.69, 9.17) is 4.74 Å². The minimum absolute atomic E-state index is 0.0457. The number of benzene rings is 3. The average Bonchev–Trinajstić information content (AvgIpc) is 2.88. The minimum Gasteiger partial charge on any atom is -0.497 e. The molecule has 0 aliphatic heterocycles. The van der Waals surface area contributed by atoms with E-state index in [-0.39, 0.29) is 28.7 Å². The van der Waals surface area contributed by atoms with E-state index in [1.807, 2.05) is 6.92 Å². The fourth-order valence-electron chi connectivity index (χ4n) is 5.07. The van der Waals surface area contributed by atoms with Crippen molar-refractivity contribution in [1.82, 2.24) is 0 Å². The van der Waals surface area contributed by atoms with E-state index in [1.165, 1.54) is 31.4 Å². The third-order valence-corrected chi connectivity index (χ3v) is 7.15. The molecule has 1 aliphatic rings. The molecule has 1 nitrogen and oxygen atoms in total. The SMILES string of the molecule is CCCC1CCC(c2ccc(/C=C/c3ccc(-c4ccc(OC)cc4)c(F)c3F)c(F)c2F)CC1(F)F. The maximum absolute atomic E-state index is 14.9. The summed E-state index contributed by atoms with van der Waals surface area (Å²) in [7, 11) is 1.50. The van der Waals surface area contributed by atoms with Crippen LogP contribution >= 0.6 is 0 Å². The lowest BCUT2D eigenvalue weighted by Gasteiger charge is -2.36. The lowest BCUT2D eigenvalue weighted by Crippen LogP contribution is -2.35.